The number of methoxy groups -OCH3 is 1. The van der Waals surface area contributed by atoms with Gasteiger partial charge in [-0.2, -0.15) is 0 Å². The Morgan fingerprint density at radius 2 is 2.06 bits per heavy atom. The van der Waals surface area contributed by atoms with E-state index in [1.165, 1.54) is 7.11 Å². The first-order valence-electron chi connectivity index (χ1n) is 4.40. The van der Waals surface area contributed by atoms with Crippen molar-refractivity contribution in [3.8, 4) is 11.6 Å². The predicted octanol–water partition coefficient (Wildman–Crippen LogP) is 2.38. The highest BCUT2D eigenvalue weighted by Crippen LogP contribution is 2.33. The van der Waals surface area contributed by atoms with Crippen LogP contribution >= 0.6 is 15.9 Å². The van der Waals surface area contributed by atoms with Gasteiger partial charge in [0.25, 0.3) is 0 Å². The number of hydrogen-bond donors (Lipinski definition) is 1. The minimum Gasteiger partial charge on any atom is -0.481 e. The molecule has 0 bridgehead atoms. The molecule has 0 spiro atoms. The first-order valence-corrected chi connectivity index (χ1v) is 5.52. The Labute approximate surface area is 103 Å². The molecule has 1 rings (SSSR count). The summed E-state index contributed by atoms with van der Waals surface area (Å²) >= 11 is 3.09. The molecule has 8 heteroatoms. The standard InChI is InChI=1S/C9H9BrF3NO3/c1-16-8-5(2-10)6(4-15)7(3-14-8)17-9(11,12)13/h3,15H,2,4H2,1H3. The zero-order valence-electron chi connectivity index (χ0n) is 8.71. The summed E-state index contributed by atoms with van der Waals surface area (Å²) < 4.78 is 44.9. The van der Waals surface area contributed by atoms with Crippen LogP contribution in [-0.4, -0.2) is 23.6 Å². The van der Waals surface area contributed by atoms with E-state index in [9.17, 15) is 13.2 Å². The minimum atomic E-state index is -4.83. The molecule has 96 valence electrons. The maximum Gasteiger partial charge on any atom is 0.573 e. The van der Waals surface area contributed by atoms with Gasteiger partial charge in [0.2, 0.25) is 5.88 Å². The normalized spacial score (nSPS) is 11.4. The number of pyridine rings is 1. The van der Waals surface area contributed by atoms with Crippen molar-refractivity contribution >= 4 is 15.9 Å². The van der Waals surface area contributed by atoms with Crippen LogP contribution in [0.2, 0.25) is 0 Å². The van der Waals surface area contributed by atoms with E-state index >= 15 is 0 Å². The molecule has 0 aliphatic carbocycles. The molecule has 0 amide bonds. The van der Waals surface area contributed by atoms with Crippen LogP contribution in [0.3, 0.4) is 0 Å². The van der Waals surface area contributed by atoms with Crippen LogP contribution in [0.4, 0.5) is 13.2 Å². The average molecular weight is 316 g/mol. The predicted molar refractivity (Wildman–Crippen MR) is 56.0 cm³/mol. The summed E-state index contributed by atoms with van der Waals surface area (Å²) in [7, 11) is 1.33. The van der Waals surface area contributed by atoms with Gasteiger partial charge < -0.3 is 14.6 Å². The Balaban J connectivity index is 3.23. The molecule has 0 aromatic carbocycles. The lowest BCUT2D eigenvalue weighted by atomic mass is 10.1. The lowest BCUT2D eigenvalue weighted by Crippen LogP contribution is -2.19. The van der Waals surface area contributed by atoms with Crippen LogP contribution in [0.1, 0.15) is 11.1 Å². The van der Waals surface area contributed by atoms with Crippen LogP contribution in [0.25, 0.3) is 0 Å². The van der Waals surface area contributed by atoms with Crippen molar-refractivity contribution in [3.05, 3.63) is 17.3 Å². The topological polar surface area (TPSA) is 51.6 Å². The number of nitrogens with zero attached hydrogens (tertiary/aromatic N) is 1. The Kier molecular flexibility index (Phi) is 4.58. The molecule has 4 nitrogen and oxygen atoms in total. The summed E-state index contributed by atoms with van der Waals surface area (Å²) in [4.78, 5) is 3.67. The number of aromatic nitrogens is 1. The molecule has 0 unspecified atom stereocenters. The third-order valence-corrected chi connectivity index (χ3v) is 2.49. The van der Waals surface area contributed by atoms with Gasteiger partial charge in [0, 0.05) is 16.5 Å². The van der Waals surface area contributed by atoms with E-state index in [0.29, 0.717) is 5.56 Å². The van der Waals surface area contributed by atoms with Crippen molar-refractivity contribution in [2.45, 2.75) is 18.3 Å². The van der Waals surface area contributed by atoms with Gasteiger partial charge in [-0.25, -0.2) is 4.98 Å². The Morgan fingerprint density at radius 1 is 1.41 bits per heavy atom. The molecule has 1 N–H and O–H groups in total. The summed E-state index contributed by atoms with van der Waals surface area (Å²) in [5, 5.41) is 9.28. The summed E-state index contributed by atoms with van der Waals surface area (Å²) in [6.45, 7) is -0.606. The maximum absolute atomic E-state index is 12.1. The summed E-state index contributed by atoms with van der Waals surface area (Å²) in [6.07, 6.45) is -3.96. The third kappa shape index (κ3) is 3.47. The lowest BCUT2D eigenvalue weighted by molar-refractivity contribution is -0.275. The van der Waals surface area contributed by atoms with E-state index in [4.69, 9.17) is 9.84 Å². The molecule has 1 heterocycles. The van der Waals surface area contributed by atoms with Crippen molar-refractivity contribution in [1.29, 1.82) is 0 Å². The molecule has 0 aliphatic heterocycles. The zero-order valence-corrected chi connectivity index (χ0v) is 10.3. The molecule has 17 heavy (non-hydrogen) atoms. The molecule has 0 radical (unpaired) electrons. The Morgan fingerprint density at radius 3 is 2.47 bits per heavy atom. The van der Waals surface area contributed by atoms with Crippen LogP contribution in [0.15, 0.2) is 6.20 Å². The fourth-order valence-electron chi connectivity index (χ4n) is 1.25. The summed E-state index contributed by atoms with van der Waals surface area (Å²) in [5.74, 6) is -0.393. The highest BCUT2D eigenvalue weighted by molar-refractivity contribution is 9.08. The van der Waals surface area contributed by atoms with E-state index in [-0.39, 0.29) is 16.8 Å². The molecule has 1 aromatic heterocycles. The highest BCUT2D eigenvalue weighted by Gasteiger charge is 2.33. The van der Waals surface area contributed by atoms with E-state index in [0.717, 1.165) is 6.20 Å². The van der Waals surface area contributed by atoms with Crippen molar-refractivity contribution < 1.29 is 27.8 Å². The minimum absolute atomic E-state index is 0.00829. The highest BCUT2D eigenvalue weighted by atomic mass is 79.9. The SMILES string of the molecule is COc1ncc(OC(F)(F)F)c(CO)c1CBr. The quantitative estimate of drug-likeness (QED) is 0.867. The van der Waals surface area contributed by atoms with E-state index in [1.54, 1.807) is 0 Å². The van der Waals surface area contributed by atoms with Crippen molar-refractivity contribution in [2.24, 2.45) is 0 Å². The second-order valence-electron chi connectivity index (χ2n) is 2.93. The van der Waals surface area contributed by atoms with Gasteiger partial charge in [-0.1, -0.05) is 15.9 Å². The van der Waals surface area contributed by atoms with Crippen LogP contribution in [0.5, 0.6) is 11.6 Å². The average Bonchev–Trinajstić information content (AvgIpc) is 2.26. The van der Waals surface area contributed by atoms with Crippen LogP contribution < -0.4 is 9.47 Å². The van der Waals surface area contributed by atoms with Gasteiger partial charge >= 0.3 is 6.36 Å². The van der Waals surface area contributed by atoms with Gasteiger partial charge in [-0.3, -0.25) is 0 Å². The van der Waals surface area contributed by atoms with Crippen LogP contribution in [0, 0.1) is 0 Å². The van der Waals surface area contributed by atoms with E-state index < -0.39 is 18.7 Å². The second-order valence-corrected chi connectivity index (χ2v) is 3.49. The molecule has 0 fully saturated rings. The van der Waals surface area contributed by atoms with Crippen molar-refractivity contribution in [1.82, 2.24) is 4.98 Å². The lowest BCUT2D eigenvalue weighted by Gasteiger charge is -2.15. The van der Waals surface area contributed by atoms with Gasteiger partial charge in [0.15, 0.2) is 5.75 Å². The maximum atomic E-state index is 12.1. The van der Waals surface area contributed by atoms with Gasteiger partial charge in [-0.05, 0) is 0 Å². The number of rotatable bonds is 4. The number of halogens is 4. The summed E-state index contributed by atoms with van der Waals surface area (Å²) in [5.41, 5.74) is 0.308. The molecule has 1 aromatic rings. The molecule has 0 atom stereocenters. The first kappa shape index (κ1) is 14.0. The van der Waals surface area contributed by atoms with Gasteiger partial charge in [0.1, 0.15) is 0 Å². The summed E-state index contributed by atoms with van der Waals surface area (Å²) in [6, 6.07) is 0. The number of aliphatic hydroxyl groups excluding tert-OH is 1. The molecule has 0 aliphatic rings. The second kappa shape index (κ2) is 5.54. The number of alkyl halides is 4. The van der Waals surface area contributed by atoms with Gasteiger partial charge in [0.05, 0.1) is 19.9 Å². The molecular formula is C9H9BrF3NO3. The smallest absolute Gasteiger partial charge is 0.481 e. The Bertz CT molecular complexity index is 398. The zero-order chi connectivity index (χ0) is 13.1. The van der Waals surface area contributed by atoms with Crippen LogP contribution in [-0.2, 0) is 11.9 Å². The Hall–Kier alpha value is -1.02. The van der Waals surface area contributed by atoms with Gasteiger partial charge in [-0.15, -0.1) is 13.2 Å². The number of aliphatic hydroxyl groups is 1. The molecular weight excluding hydrogens is 307 g/mol. The largest absolute Gasteiger partial charge is 0.573 e. The monoisotopic (exact) mass is 315 g/mol. The first-order chi connectivity index (χ1) is 7.92. The molecule has 0 saturated carbocycles. The fraction of sp³-hybridized carbons (Fsp3) is 0.444. The molecule has 0 saturated heterocycles. The van der Waals surface area contributed by atoms with Crippen molar-refractivity contribution in [2.75, 3.05) is 7.11 Å². The third-order valence-electron chi connectivity index (χ3n) is 1.93. The van der Waals surface area contributed by atoms with E-state index in [2.05, 4.69) is 25.7 Å². The fourth-order valence-corrected chi connectivity index (χ4v) is 1.83. The number of ether oxygens (including phenoxy) is 2. The van der Waals surface area contributed by atoms with E-state index in [1.807, 2.05) is 0 Å². The number of hydrogen-bond acceptors (Lipinski definition) is 4. The van der Waals surface area contributed by atoms with Crippen molar-refractivity contribution in [3.63, 3.8) is 0 Å².